The highest BCUT2D eigenvalue weighted by molar-refractivity contribution is 6.32. The molecular weight excluding hydrogens is 338 g/mol. The Bertz CT molecular complexity index is 741. The largest absolute Gasteiger partial charge is 0.493 e. The van der Waals surface area contributed by atoms with E-state index in [-0.39, 0.29) is 5.91 Å². The molecule has 4 nitrogen and oxygen atoms in total. The lowest BCUT2D eigenvalue weighted by Crippen LogP contribution is -2.27. The van der Waals surface area contributed by atoms with Crippen molar-refractivity contribution in [3.05, 3.63) is 58.6 Å². The Hall–Kier alpha value is -2.20. The molecule has 3 rings (SSSR count). The Kier molecular flexibility index (Phi) is 5.82. The molecule has 1 aliphatic rings. The predicted molar refractivity (Wildman–Crippen MR) is 98.5 cm³/mol. The van der Waals surface area contributed by atoms with E-state index in [0.29, 0.717) is 29.5 Å². The third kappa shape index (κ3) is 4.26. The molecule has 0 atom stereocenters. The van der Waals surface area contributed by atoms with Crippen molar-refractivity contribution >= 4 is 17.5 Å². The van der Waals surface area contributed by atoms with Gasteiger partial charge in [-0.2, -0.15) is 0 Å². The first-order valence-electron chi connectivity index (χ1n) is 8.61. The highest BCUT2D eigenvalue weighted by Crippen LogP contribution is 2.27. The van der Waals surface area contributed by atoms with Crippen LogP contribution in [0.2, 0.25) is 5.02 Å². The van der Waals surface area contributed by atoms with E-state index in [1.807, 2.05) is 48.2 Å². The molecule has 2 aromatic carbocycles. The summed E-state index contributed by atoms with van der Waals surface area (Å²) in [7, 11) is 0. The second kappa shape index (κ2) is 8.26. The van der Waals surface area contributed by atoms with Gasteiger partial charge in [0.05, 0.1) is 11.6 Å². The van der Waals surface area contributed by atoms with Crippen molar-refractivity contribution in [1.29, 1.82) is 0 Å². The first-order valence-corrected chi connectivity index (χ1v) is 8.99. The number of para-hydroxylation sites is 1. The molecule has 2 aromatic rings. The minimum absolute atomic E-state index is 0.0690. The Balaban J connectivity index is 1.80. The topological polar surface area (TPSA) is 38.8 Å². The molecule has 0 unspecified atom stereocenters. The number of hydrogen-bond acceptors (Lipinski definition) is 3. The van der Waals surface area contributed by atoms with E-state index in [1.54, 1.807) is 6.07 Å². The number of halogens is 1. The van der Waals surface area contributed by atoms with E-state index >= 15 is 0 Å². The van der Waals surface area contributed by atoms with Crippen molar-refractivity contribution in [2.24, 2.45) is 0 Å². The van der Waals surface area contributed by atoms with Crippen LogP contribution in [0.1, 0.15) is 35.7 Å². The highest BCUT2D eigenvalue weighted by atomic mass is 35.5. The van der Waals surface area contributed by atoms with Crippen LogP contribution in [0, 0.1) is 0 Å². The summed E-state index contributed by atoms with van der Waals surface area (Å²) >= 11 is 6.14. The molecule has 1 saturated heterocycles. The van der Waals surface area contributed by atoms with E-state index in [0.717, 1.165) is 37.2 Å². The van der Waals surface area contributed by atoms with Gasteiger partial charge in [0.15, 0.2) is 0 Å². The zero-order valence-electron chi connectivity index (χ0n) is 14.3. The molecule has 5 heteroatoms. The summed E-state index contributed by atoms with van der Waals surface area (Å²) in [5.41, 5.74) is 1.51. The summed E-state index contributed by atoms with van der Waals surface area (Å²) < 4.78 is 11.5. The van der Waals surface area contributed by atoms with E-state index in [2.05, 4.69) is 0 Å². The second-order valence-electron chi connectivity index (χ2n) is 5.97. The normalized spacial score (nSPS) is 13.8. The zero-order chi connectivity index (χ0) is 17.6. The molecule has 0 saturated carbocycles. The highest BCUT2D eigenvalue weighted by Gasteiger charge is 2.20. The minimum atomic E-state index is 0.0690. The van der Waals surface area contributed by atoms with Gasteiger partial charge in [0, 0.05) is 24.2 Å². The fourth-order valence-electron chi connectivity index (χ4n) is 2.94. The Morgan fingerprint density at radius 3 is 2.56 bits per heavy atom. The van der Waals surface area contributed by atoms with Gasteiger partial charge >= 0.3 is 0 Å². The zero-order valence-corrected chi connectivity index (χ0v) is 15.1. The molecule has 1 amide bonds. The molecule has 1 fully saturated rings. The Morgan fingerprint density at radius 2 is 1.84 bits per heavy atom. The summed E-state index contributed by atoms with van der Waals surface area (Å²) in [6, 6.07) is 12.9. The number of ether oxygens (including phenoxy) is 2. The van der Waals surface area contributed by atoms with Crippen LogP contribution < -0.4 is 9.47 Å². The quantitative estimate of drug-likeness (QED) is 0.759. The molecule has 0 radical (unpaired) electrons. The molecule has 0 aromatic heterocycles. The van der Waals surface area contributed by atoms with E-state index < -0.39 is 0 Å². The molecule has 0 aliphatic carbocycles. The average molecular weight is 360 g/mol. The van der Waals surface area contributed by atoms with Gasteiger partial charge in [0.25, 0.3) is 5.91 Å². The third-order valence-corrected chi connectivity index (χ3v) is 4.53. The first-order chi connectivity index (χ1) is 12.2. The summed E-state index contributed by atoms with van der Waals surface area (Å²) in [5, 5.41) is 0.560. The lowest BCUT2D eigenvalue weighted by Gasteiger charge is -2.17. The fourth-order valence-corrected chi connectivity index (χ4v) is 3.13. The summed E-state index contributed by atoms with van der Waals surface area (Å²) in [6.45, 7) is 4.44. The van der Waals surface area contributed by atoms with Gasteiger partial charge in [0.2, 0.25) is 0 Å². The smallest absolute Gasteiger partial charge is 0.253 e. The number of carbonyl (C=O) groups is 1. The number of amides is 1. The van der Waals surface area contributed by atoms with E-state index in [1.165, 1.54) is 0 Å². The van der Waals surface area contributed by atoms with Crippen molar-refractivity contribution in [1.82, 2.24) is 4.90 Å². The van der Waals surface area contributed by atoms with Gasteiger partial charge in [-0.1, -0.05) is 23.7 Å². The molecule has 1 aliphatic heterocycles. The Morgan fingerprint density at radius 1 is 1.08 bits per heavy atom. The van der Waals surface area contributed by atoms with Gasteiger partial charge in [-0.05, 0) is 50.1 Å². The number of likely N-dealkylation sites (tertiary alicyclic amines) is 1. The second-order valence-corrected chi connectivity index (χ2v) is 6.38. The SMILES string of the molecule is CCOc1ccc(C(=O)N2CCCC2)cc1COc1ccccc1Cl. The lowest BCUT2D eigenvalue weighted by atomic mass is 10.1. The van der Waals surface area contributed by atoms with Gasteiger partial charge < -0.3 is 14.4 Å². The molecular formula is C20H22ClNO3. The monoisotopic (exact) mass is 359 g/mol. The van der Waals surface area contributed by atoms with Crippen molar-refractivity contribution < 1.29 is 14.3 Å². The van der Waals surface area contributed by atoms with Crippen LogP contribution in [0.4, 0.5) is 0 Å². The van der Waals surface area contributed by atoms with Crippen LogP contribution in [-0.2, 0) is 6.61 Å². The number of nitrogens with zero attached hydrogens (tertiary/aromatic N) is 1. The van der Waals surface area contributed by atoms with Crippen LogP contribution in [0.25, 0.3) is 0 Å². The van der Waals surface area contributed by atoms with E-state index in [9.17, 15) is 4.79 Å². The third-order valence-electron chi connectivity index (χ3n) is 4.22. The van der Waals surface area contributed by atoms with Gasteiger partial charge in [0.1, 0.15) is 18.1 Å². The van der Waals surface area contributed by atoms with Crippen molar-refractivity contribution in [2.45, 2.75) is 26.4 Å². The maximum atomic E-state index is 12.6. The van der Waals surface area contributed by atoms with Crippen LogP contribution >= 0.6 is 11.6 Å². The molecule has 0 N–H and O–H groups in total. The van der Waals surface area contributed by atoms with Crippen LogP contribution in [0.3, 0.4) is 0 Å². The molecule has 132 valence electrons. The molecule has 25 heavy (non-hydrogen) atoms. The van der Waals surface area contributed by atoms with Gasteiger partial charge in [-0.15, -0.1) is 0 Å². The molecule has 1 heterocycles. The number of carbonyl (C=O) groups excluding carboxylic acids is 1. The lowest BCUT2D eigenvalue weighted by molar-refractivity contribution is 0.0792. The molecule has 0 spiro atoms. The van der Waals surface area contributed by atoms with Crippen LogP contribution in [0.15, 0.2) is 42.5 Å². The maximum absolute atomic E-state index is 12.6. The maximum Gasteiger partial charge on any atom is 0.253 e. The standard InChI is InChI=1S/C20H22ClNO3/c1-2-24-18-10-9-15(20(23)22-11-5-6-12-22)13-16(18)14-25-19-8-4-3-7-17(19)21/h3-4,7-10,13H,2,5-6,11-12,14H2,1H3. The van der Waals surface area contributed by atoms with E-state index in [4.69, 9.17) is 21.1 Å². The summed E-state index contributed by atoms with van der Waals surface area (Å²) in [4.78, 5) is 14.5. The summed E-state index contributed by atoms with van der Waals surface area (Å²) in [6.07, 6.45) is 2.15. The van der Waals surface area contributed by atoms with Crippen LogP contribution in [0.5, 0.6) is 11.5 Å². The first kappa shape index (κ1) is 17.6. The Labute approximate surface area is 153 Å². The predicted octanol–water partition coefficient (Wildman–Crippen LogP) is 4.55. The van der Waals surface area contributed by atoms with Crippen molar-refractivity contribution in [2.75, 3.05) is 19.7 Å². The van der Waals surface area contributed by atoms with Crippen molar-refractivity contribution in [3.8, 4) is 11.5 Å². The minimum Gasteiger partial charge on any atom is -0.493 e. The van der Waals surface area contributed by atoms with Crippen molar-refractivity contribution in [3.63, 3.8) is 0 Å². The summed E-state index contributed by atoms with van der Waals surface area (Å²) in [5.74, 6) is 1.41. The number of rotatable bonds is 6. The van der Waals surface area contributed by atoms with Crippen LogP contribution in [-0.4, -0.2) is 30.5 Å². The molecule has 0 bridgehead atoms. The number of hydrogen-bond donors (Lipinski definition) is 0. The number of benzene rings is 2. The van der Waals surface area contributed by atoms with Gasteiger partial charge in [-0.3, -0.25) is 4.79 Å². The fraction of sp³-hybridized carbons (Fsp3) is 0.350. The average Bonchev–Trinajstić information content (AvgIpc) is 3.16. The van der Waals surface area contributed by atoms with Gasteiger partial charge in [-0.25, -0.2) is 0 Å².